The van der Waals surface area contributed by atoms with Crippen molar-refractivity contribution in [1.29, 1.82) is 0 Å². The minimum absolute atomic E-state index is 0.0931. The van der Waals surface area contributed by atoms with Crippen molar-refractivity contribution in [2.45, 2.75) is 18.9 Å². The summed E-state index contributed by atoms with van der Waals surface area (Å²) in [6.07, 6.45) is 3.57. The Morgan fingerprint density at radius 1 is 1.71 bits per heavy atom. The number of nitrogens with zero attached hydrogens (tertiary/aromatic N) is 4. The van der Waals surface area contributed by atoms with Crippen LogP contribution in [0.3, 0.4) is 0 Å². The van der Waals surface area contributed by atoms with E-state index in [1.807, 2.05) is 11.9 Å². The fourth-order valence-corrected chi connectivity index (χ4v) is 2.36. The van der Waals surface area contributed by atoms with E-state index < -0.39 is 0 Å². The van der Waals surface area contributed by atoms with Gasteiger partial charge in [0.05, 0.1) is 4.92 Å². The number of likely N-dealkylation sites (N-methyl/N-ethyl adjacent to an activating group) is 1. The Bertz CT molecular complexity index is 417. The number of hydrogen-bond acceptors (Lipinski definition) is 5. The molecule has 1 N–H and O–H groups in total. The van der Waals surface area contributed by atoms with E-state index in [0.717, 1.165) is 25.9 Å². The standard InChI is InChI=1S/C10H17N5O2/c1-11-6-8-4-3-5-14(8)10-9(15(16)17)7-13(2)12-10/h7-8,11H,3-6H2,1-2H3. The van der Waals surface area contributed by atoms with Gasteiger partial charge in [-0.1, -0.05) is 0 Å². The van der Waals surface area contributed by atoms with Crippen molar-refractivity contribution >= 4 is 11.5 Å². The van der Waals surface area contributed by atoms with Gasteiger partial charge in [0.2, 0.25) is 5.82 Å². The molecule has 1 aromatic rings. The smallest absolute Gasteiger partial charge is 0.330 e. The molecule has 0 radical (unpaired) electrons. The van der Waals surface area contributed by atoms with E-state index in [0.29, 0.717) is 11.9 Å². The van der Waals surface area contributed by atoms with Gasteiger partial charge in [-0.2, -0.15) is 0 Å². The van der Waals surface area contributed by atoms with E-state index in [4.69, 9.17) is 0 Å². The minimum Gasteiger partial charge on any atom is -0.345 e. The van der Waals surface area contributed by atoms with E-state index in [9.17, 15) is 10.1 Å². The lowest BCUT2D eigenvalue weighted by Gasteiger charge is -2.23. The summed E-state index contributed by atoms with van der Waals surface area (Å²) in [4.78, 5) is 12.6. The lowest BCUT2D eigenvalue weighted by Crippen LogP contribution is -2.37. The minimum atomic E-state index is -0.364. The summed E-state index contributed by atoms with van der Waals surface area (Å²) < 4.78 is 1.50. The average Bonchev–Trinajstić information content (AvgIpc) is 2.84. The monoisotopic (exact) mass is 239 g/mol. The van der Waals surface area contributed by atoms with Crippen LogP contribution in [-0.4, -0.2) is 40.9 Å². The summed E-state index contributed by atoms with van der Waals surface area (Å²) in [5, 5.41) is 18.3. The first-order valence-electron chi connectivity index (χ1n) is 5.72. The zero-order chi connectivity index (χ0) is 12.4. The van der Waals surface area contributed by atoms with Gasteiger partial charge >= 0.3 is 5.69 Å². The Balaban J connectivity index is 2.29. The highest BCUT2D eigenvalue weighted by molar-refractivity contribution is 5.58. The zero-order valence-corrected chi connectivity index (χ0v) is 10.1. The molecule has 1 aliphatic rings. The molecule has 1 unspecified atom stereocenters. The molecule has 2 heterocycles. The lowest BCUT2D eigenvalue weighted by molar-refractivity contribution is -0.384. The van der Waals surface area contributed by atoms with Crippen molar-refractivity contribution in [2.24, 2.45) is 7.05 Å². The van der Waals surface area contributed by atoms with Gasteiger partial charge in [-0.3, -0.25) is 14.8 Å². The zero-order valence-electron chi connectivity index (χ0n) is 10.1. The van der Waals surface area contributed by atoms with Gasteiger partial charge in [-0.25, -0.2) is 0 Å². The molecular weight excluding hydrogens is 222 g/mol. The Labute approximate surface area is 99.6 Å². The van der Waals surface area contributed by atoms with Gasteiger partial charge < -0.3 is 10.2 Å². The fraction of sp³-hybridized carbons (Fsp3) is 0.700. The molecule has 1 aromatic heterocycles. The summed E-state index contributed by atoms with van der Waals surface area (Å²) >= 11 is 0. The van der Waals surface area contributed by atoms with E-state index in [-0.39, 0.29) is 10.6 Å². The molecule has 0 spiro atoms. The van der Waals surface area contributed by atoms with Gasteiger partial charge in [-0.05, 0) is 19.9 Å². The first-order valence-corrected chi connectivity index (χ1v) is 5.72. The molecule has 0 aromatic carbocycles. The molecule has 1 aliphatic heterocycles. The molecule has 0 aliphatic carbocycles. The lowest BCUT2D eigenvalue weighted by atomic mass is 10.2. The maximum absolute atomic E-state index is 11.0. The summed E-state index contributed by atoms with van der Waals surface area (Å²) in [7, 11) is 3.60. The first-order chi connectivity index (χ1) is 8.13. The van der Waals surface area contributed by atoms with Crippen LogP contribution in [0, 0.1) is 10.1 Å². The van der Waals surface area contributed by atoms with Gasteiger partial charge in [-0.15, -0.1) is 5.10 Å². The fourth-order valence-electron chi connectivity index (χ4n) is 2.36. The number of rotatable bonds is 4. The molecule has 1 fully saturated rings. The Hall–Kier alpha value is -1.63. The molecule has 1 atom stereocenters. The second-order valence-corrected chi connectivity index (χ2v) is 4.32. The van der Waals surface area contributed by atoms with Crippen molar-refractivity contribution < 1.29 is 4.92 Å². The number of hydrogen-bond donors (Lipinski definition) is 1. The summed E-state index contributed by atoms with van der Waals surface area (Å²) in [5.74, 6) is 0.496. The average molecular weight is 239 g/mol. The second-order valence-electron chi connectivity index (χ2n) is 4.32. The normalized spacial score (nSPS) is 19.9. The van der Waals surface area contributed by atoms with Crippen molar-refractivity contribution in [1.82, 2.24) is 15.1 Å². The van der Waals surface area contributed by atoms with Crippen LogP contribution in [0.15, 0.2) is 6.20 Å². The number of nitrogens with one attached hydrogen (secondary N) is 1. The Morgan fingerprint density at radius 2 is 2.47 bits per heavy atom. The molecule has 1 saturated heterocycles. The molecular formula is C10H17N5O2. The number of nitro groups is 1. The molecule has 0 saturated carbocycles. The Kier molecular flexibility index (Phi) is 3.28. The maximum atomic E-state index is 11.0. The van der Waals surface area contributed by atoms with E-state index in [2.05, 4.69) is 10.4 Å². The van der Waals surface area contributed by atoms with Crippen molar-refractivity contribution in [3.05, 3.63) is 16.3 Å². The van der Waals surface area contributed by atoms with Crippen LogP contribution < -0.4 is 10.2 Å². The SMILES string of the molecule is CNCC1CCCN1c1nn(C)cc1[N+](=O)[O-]. The highest BCUT2D eigenvalue weighted by Crippen LogP contribution is 2.31. The van der Waals surface area contributed by atoms with Crippen LogP contribution in [0.25, 0.3) is 0 Å². The van der Waals surface area contributed by atoms with Gasteiger partial charge in [0.15, 0.2) is 0 Å². The van der Waals surface area contributed by atoms with E-state index >= 15 is 0 Å². The van der Waals surface area contributed by atoms with Crippen molar-refractivity contribution in [2.75, 3.05) is 25.0 Å². The van der Waals surface area contributed by atoms with Crippen LogP contribution in [0.2, 0.25) is 0 Å². The van der Waals surface area contributed by atoms with Crippen LogP contribution in [0.4, 0.5) is 11.5 Å². The molecule has 0 bridgehead atoms. The van der Waals surface area contributed by atoms with E-state index in [1.54, 1.807) is 7.05 Å². The van der Waals surface area contributed by atoms with Crippen molar-refractivity contribution in [3.8, 4) is 0 Å². The summed E-state index contributed by atoms with van der Waals surface area (Å²) in [6, 6.07) is 0.300. The van der Waals surface area contributed by atoms with Crippen LogP contribution >= 0.6 is 0 Å². The third-order valence-electron chi connectivity index (χ3n) is 3.08. The number of aryl methyl sites for hydroxylation is 1. The predicted molar refractivity (Wildman–Crippen MR) is 64.2 cm³/mol. The second kappa shape index (κ2) is 4.70. The molecule has 0 amide bonds. The Morgan fingerprint density at radius 3 is 3.12 bits per heavy atom. The molecule has 17 heavy (non-hydrogen) atoms. The molecule has 7 heteroatoms. The number of aromatic nitrogens is 2. The molecule has 94 valence electrons. The van der Waals surface area contributed by atoms with Gasteiger partial charge in [0.1, 0.15) is 6.20 Å². The van der Waals surface area contributed by atoms with Crippen LogP contribution in [0.1, 0.15) is 12.8 Å². The molecule has 2 rings (SSSR count). The van der Waals surface area contributed by atoms with Gasteiger partial charge in [0.25, 0.3) is 0 Å². The summed E-state index contributed by atoms with van der Waals surface area (Å²) in [5.41, 5.74) is 0.0931. The topological polar surface area (TPSA) is 76.2 Å². The third-order valence-corrected chi connectivity index (χ3v) is 3.08. The highest BCUT2D eigenvalue weighted by Gasteiger charge is 2.32. The quantitative estimate of drug-likeness (QED) is 0.612. The van der Waals surface area contributed by atoms with Crippen LogP contribution in [-0.2, 0) is 7.05 Å². The van der Waals surface area contributed by atoms with E-state index in [1.165, 1.54) is 10.9 Å². The highest BCUT2D eigenvalue weighted by atomic mass is 16.6. The van der Waals surface area contributed by atoms with Crippen LogP contribution in [0.5, 0.6) is 0 Å². The predicted octanol–water partition coefficient (Wildman–Crippen LogP) is 0.516. The van der Waals surface area contributed by atoms with Gasteiger partial charge in [0, 0.05) is 26.2 Å². The molecule has 7 nitrogen and oxygen atoms in total. The van der Waals surface area contributed by atoms with Crippen molar-refractivity contribution in [3.63, 3.8) is 0 Å². The largest absolute Gasteiger partial charge is 0.345 e. The summed E-state index contributed by atoms with van der Waals surface area (Å²) in [6.45, 7) is 1.66. The first kappa shape index (κ1) is 11.8. The number of anilines is 1. The maximum Gasteiger partial charge on any atom is 0.330 e. The third kappa shape index (κ3) is 2.23.